The quantitative estimate of drug-likeness (QED) is 0.810. The Balaban J connectivity index is 2.73. The van der Waals surface area contributed by atoms with Gasteiger partial charge in [0, 0.05) is 6.04 Å². The lowest BCUT2D eigenvalue weighted by Gasteiger charge is -2.11. The number of para-hydroxylation sites is 1. The topological polar surface area (TPSA) is 58.2 Å². The van der Waals surface area contributed by atoms with E-state index in [1.54, 1.807) is 6.92 Å². The number of rotatable bonds is 3. The molecule has 1 unspecified atom stereocenters. The highest BCUT2D eigenvalue weighted by Gasteiger charge is 2.18. The first kappa shape index (κ1) is 14.1. The summed E-state index contributed by atoms with van der Waals surface area (Å²) in [6.07, 6.45) is 0.646. The highest BCUT2D eigenvalue weighted by Crippen LogP contribution is 2.17. The van der Waals surface area contributed by atoms with Gasteiger partial charge >= 0.3 is 11.8 Å². The molecule has 0 aliphatic rings. The first-order valence-corrected chi connectivity index (χ1v) is 5.51. The van der Waals surface area contributed by atoms with Crippen molar-refractivity contribution >= 4 is 17.5 Å². The summed E-state index contributed by atoms with van der Waals surface area (Å²) < 4.78 is 26.4. The maximum absolute atomic E-state index is 13.2. The van der Waals surface area contributed by atoms with E-state index in [-0.39, 0.29) is 6.04 Å². The Kier molecular flexibility index (Phi) is 4.76. The molecule has 1 rings (SSSR count). The van der Waals surface area contributed by atoms with Gasteiger partial charge in [-0.3, -0.25) is 9.59 Å². The number of carbonyl (C=O) groups is 2. The fourth-order valence-corrected chi connectivity index (χ4v) is 1.18. The van der Waals surface area contributed by atoms with Crippen molar-refractivity contribution < 1.29 is 18.4 Å². The second kappa shape index (κ2) is 6.09. The number of amides is 2. The first-order valence-electron chi connectivity index (χ1n) is 5.51. The summed E-state index contributed by atoms with van der Waals surface area (Å²) in [6, 6.07) is 2.96. The van der Waals surface area contributed by atoms with Gasteiger partial charge in [0.25, 0.3) is 0 Å². The third-order valence-electron chi connectivity index (χ3n) is 2.40. The zero-order chi connectivity index (χ0) is 13.7. The van der Waals surface area contributed by atoms with Crippen molar-refractivity contribution in [2.45, 2.75) is 26.3 Å². The van der Waals surface area contributed by atoms with E-state index in [1.165, 1.54) is 6.07 Å². The number of anilines is 1. The molecule has 0 saturated carbocycles. The summed E-state index contributed by atoms with van der Waals surface area (Å²) in [5, 5.41) is 4.30. The molecule has 0 bridgehead atoms. The summed E-state index contributed by atoms with van der Waals surface area (Å²) >= 11 is 0. The molecular formula is C12H14F2N2O2. The van der Waals surface area contributed by atoms with Crippen molar-refractivity contribution in [3.05, 3.63) is 29.8 Å². The summed E-state index contributed by atoms with van der Waals surface area (Å²) in [7, 11) is 0. The van der Waals surface area contributed by atoms with Crippen LogP contribution < -0.4 is 10.6 Å². The molecule has 0 fully saturated rings. The number of hydrogen-bond donors (Lipinski definition) is 2. The fourth-order valence-electron chi connectivity index (χ4n) is 1.18. The van der Waals surface area contributed by atoms with Gasteiger partial charge in [-0.25, -0.2) is 8.78 Å². The van der Waals surface area contributed by atoms with Gasteiger partial charge in [0.15, 0.2) is 0 Å². The highest BCUT2D eigenvalue weighted by molar-refractivity contribution is 6.39. The van der Waals surface area contributed by atoms with Crippen LogP contribution in [-0.4, -0.2) is 17.9 Å². The van der Waals surface area contributed by atoms with E-state index in [2.05, 4.69) is 5.32 Å². The van der Waals surface area contributed by atoms with Crippen molar-refractivity contribution in [2.75, 3.05) is 5.32 Å². The van der Waals surface area contributed by atoms with Gasteiger partial charge in [0.2, 0.25) is 0 Å². The largest absolute Gasteiger partial charge is 0.345 e. The third kappa shape index (κ3) is 3.51. The molecule has 2 N–H and O–H groups in total. The minimum atomic E-state index is -1.10. The van der Waals surface area contributed by atoms with Gasteiger partial charge in [-0.05, 0) is 25.5 Å². The molecule has 0 radical (unpaired) electrons. The van der Waals surface area contributed by atoms with Crippen LogP contribution in [0.15, 0.2) is 18.2 Å². The molecule has 2 amide bonds. The third-order valence-corrected chi connectivity index (χ3v) is 2.40. The van der Waals surface area contributed by atoms with Crippen molar-refractivity contribution in [2.24, 2.45) is 0 Å². The zero-order valence-corrected chi connectivity index (χ0v) is 10.1. The molecular weight excluding hydrogens is 242 g/mol. The number of carbonyl (C=O) groups excluding carboxylic acids is 2. The van der Waals surface area contributed by atoms with Gasteiger partial charge < -0.3 is 10.6 Å². The molecule has 0 heterocycles. The van der Waals surface area contributed by atoms with Crippen LogP contribution in [0.4, 0.5) is 14.5 Å². The van der Waals surface area contributed by atoms with E-state index < -0.39 is 29.1 Å². The van der Waals surface area contributed by atoms with Crippen LogP contribution >= 0.6 is 0 Å². The summed E-state index contributed by atoms with van der Waals surface area (Å²) in [4.78, 5) is 22.8. The molecule has 0 aromatic heterocycles. The van der Waals surface area contributed by atoms with Crippen LogP contribution in [-0.2, 0) is 9.59 Å². The lowest BCUT2D eigenvalue weighted by molar-refractivity contribution is -0.136. The van der Waals surface area contributed by atoms with E-state index >= 15 is 0 Å². The molecule has 98 valence electrons. The Labute approximate surface area is 103 Å². The van der Waals surface area contributed by atoms with E-state index in [0.29, 0.717) is 6.42 Å². The van der Waals surface area contributed by atoms with Crippen molar-refractivity contribution in [3.63, 3.8) is 0 Å². The highest BCUT2D eigenvalue weighted by atomic mass is 19.1. The van der Waals surface area contributed by atoms with E-state index in [4.69, 9.17) is 0 Å². The van der Waals surface area contributed by atoms with E-state index in [0.717, 1.165) is 12.1 Å². The molecule has 0 saturated heterocycles. The van der Waals surface area contributed by atoms with Crippen molar-refractivity contribution in [3.8, 4) is 0 Å². The Morgan fingerprint density at radius 2 is 1.78 bits per heavy atom. The number of nitrogens with one attached hydrogen (secondary N) is 2. The van der Waals surface area contributed by atoms with Crippen LogP contribution in [0.1, 0.15) is 20.3 Å². The van der Waals surface area contributed by atoms with Crippen LogP contribution in [0.2, 0.25) is 0 Å². The molecule has 18 heavy (non-hydrogen) atoms. The number of hydrogen-bond acceptors (Lipinski definition) is 2. The SMILES string of the molecule is CCC(C)NC(=O)C(=O)Nc1c(F)cccc1F. The van der Waals surface area contributed by atoms with Crippen LogP contribution in [0.3, 0.4) is 0 Å². The molecule has 0 aliphatic heterocycles. The number of halogens is 2. The molecule has 1 atom stereocenters. The van der Waals surface area contributed by atoms with Crippen molar-refractivity contribution in [1.82, 2.24) is 5.32 Å². The first-order chi connectivity index (χ1) is 8.45. The average molecular weight is 256 g/mol. The predicted molar refractivity (Wildman–Crippen MR) is 62.9 cm³/mol. The van der Waals surface area contributed by atoms with Gasteiger partial charge in [0.1, 0.15) is 17.3 Å². The lowest BCUT2D eigenvalue weighted by atomic mass is 10.2. The van der Waals surface area contributed by atoms with E-state index in [9.17, 15) is 18.4 Å². The summed E-state index contributed by atoms with van der Waals surface area (Å²) in [5.74, 6) is -3.88. The molecule has 4 nitrogen and oxygen atoms in total. The Morgan fingerprint density at radius 1 is 1.22 bits per heavy atom. The predicted octanol–water partition coefficient (Wildman–Crippen LogP) is 1.82. The van der Waals surface area contributed by atoms with Crippen molar-refractivity contribution in [1.29, 1.82) is 0 Å². The Morgan fingerprint density at radius 3 is 2.28 bits per heavy atom. The molecule has 6 heteroatoms. The van der Waals surface area contributed by atoms with Gasteiger partial charge in [-0.15, -0.1) is 0 Å². The Hall–Kier alpha value is -1.98. The minimum Gasteiger partial charge on any atom is -0.345 e. The second-order valence-electron chi connectivity index (χ2n) is 3.83. The van der Waals surface area contributed by atoms with Crippen LogP contribution in [0.5, 0.6) is 0 Å². The zero-order valence-electron chi connectivity index (χ0n) is 10.1. The van der Waals surface area contributed by atoms with Gasteiger partial charge in [-0.2, -0.15) is 0 Å². The monoisotopic (exact) mass is 256 g/mol. The fraction of sp³-hybridized carbons (Fsp3) is 0.333. The summed E-state index contributed by atoms with van der Waals surface area (Å²) in [6.45, 7) is 3.55. The standard InChI is InChI=1S/C12H14F2N2O2/c1-3-7(2)15-11(17)12(18)16-10-8(13)5-4-6-9(10)14/h4-7H,3H2,1-2H3,(H,15,17)(H,16,18). The maximum atomic E-state index is 13.2. The Bertz CT molecular complexity index is 443. The molecule has 0 aliphatic carbocycles. The van der Waals surface area contributed by atoms with Gasteiger partial charge in [-0.1, -0.05) is 13.0 Å². The minimum absolute atomic E-state index is 0.186. The maximum Gasteiger partial charge on any atom is 0.313 e. The average Bonchev–Trinajstić information content (AvgIpc) is 2.33. The molecule has 1 aromatic rings. The van der Waals surface area contributed by atoms with Crippen LogP contribution in [0, 0.1) is 11.6 Å². The second-order valence-corrected chi connectivity index (χ2v) is 3.83. The van der Waals surface area contributed by atoms with E-state index in [1.807, 2.05) is 12.2 Å². The molecule has 0 spiro atoms. The summed E-state index contributed by atoms with van der Waals surface area (Å²) in [5.41, 5.74) is -0.623. The smallest absolute Gasteiger partial charge is 0.313 e. The number of benzene rings is 1. The van der Waals surface area contributed by atoms with Crippen LogP contribution in [0.25, 0.3) is 0 Å². The normalized spacial score (nSPS) is 11.8. The van der Waals surface area contributed by atoms with Gasteiger partial charge in [0.05, 0.1) is 0 Å². The molecule has 1 aromatic carbocycles. The lowest BCUT2D eigenvalue weighted by Crippen LogP contribution is -2.40.